The molecule has 2 rings (SSSR count). The highest BCUT2D eigenvalue weighted by atomic mass is 16.5. The Balaban J connectivity index is 2.20. The standard InChI is InChI=1S/C15H19NO2/c1-2-14(16)15(10-17)18-13-8-7-11-5-3-4-6-12(11)9-13/h3-9,14-15,17H,2,10,16H2,1H3. The summed E-state index contributed by atoms with van der Waals surface area (Å²) >= 11 is 0. The highest BCUT2D eigenvalue weighted by Gasteiger charge is 2.17. The van der Waals surface area contributed by atoms with E-state index < -0.39 is 0 Å². The molecule has 0 fully saturated rings. The van der Waals surface area contributed by atoms with Crippen LogP contribution in [0.15, 0.2) is 42.5 Å². The summed E-state index contributed by atoms with van der Waals surface area (Å²) in [5.74, 6) is 0.747. The molecule has 2 aromatic rings. The second kappa shape index (κ2) is 5.85. The van der Waals surface area contributed by atoms with Crippen molar-refractivity contribution in [2.24, 2.45) is 5.73 Å². The van der Waals surface area contributed by atoms with Gasteiger partial charge in [0.1, 0.15) is 11.9 Å². The average Bonchev–Trinajstić information content (AvgIpc) is 2.43. The molecule has 0 amide bonds. The summed E-state index contributed by atoms with van der Waals surface area (Å²) in [5, 5.41) is 11.6. The third-order valence-corrected chi connectivity index (χ3v) is 3.14. The second-order valence-corrected chi connectivity index (χ2v) is 4.42. The minimum atomic E-state index is -0.351. The number of aliphatic hydroxyl groups excluding tert-OH is 1. The normalized spacial score (nSPS) is 14.4. The largest absolute Gasteiger partial charge is 0.486 e. The minimum Gasteiger partial charge on any atom is -0.486 e. The van der Waals surface area contributed by atoms with Crippen molar-refractivity contribution in [3.8, 4) is 5.75 Å². The van der Waals surface area contributed by atoms with Crippen LogP contribution in [-0.4, -0.2) is 23.9 Å². The van der Waals surface area contributed by atoms with Crippen molar-refractivity contribution < 1.29 is 9.84 Å². The predicted molar refractivity (Wildman–Crippen MR) is 73.7 cm³/mol. The summed E-state index contributed by atoms with van der Waals surface area (Å²) in [7, 11) is 0. The first-order chi connectivity index (χ1) is 8.74. The SMILES string of the molecule is CCC(N)C(CO)Oc1ccc2ccccc2c1. The zero-order valence-electron chi connectivity index (χ0n) is 10.5. The van der Waals surface area contributed by atoms with E-state index in [4.69, 9.17) is 10.5 Å². The molecule has 0 saturated carbocycles. The summed E-state index contributed by atoms with van der Waals surface area (Å²) < 4.78 is 5.75. The monoisotopic (exact) mass is 245 g/mol. The molecule has 2 atom stereocenters. The Labute approximate surface area is 107 Å². The number of hydrogen-bond acceptors (Lipinski definition) is 3. The maximum Gasteiger partial charge on any atom is 0.137 e. The summed E-state index contributed by atoms with van der Waals surface area (Å²) in [6.07, 6.45) is 0.426. The van der Waals surface area contributed by atoms with Gasteiger partial charge in [-0.2, -0.15) is 0 Å². The zero-order chi connectivity index (χ0) is 13.0. The number of nitrogens with two attached hydrogens (primary N) is 1. The van der Waals surface area contributed by atoms with Gasteiger partial charge in [0.25, 0.3) is 0 Å². The molecular weight excluding hydrogens is 226 g/mol. The van der Waals surface area contributed by atoms with Crippen molar-refractivity contribution in [2.45, 2.75) is 25.5 Å². The van der Waals surface area contributed by atoms with Crippen LogP contribution in [0, 0.1) is 0 Å². The van der Waals surface area contributed by atoms with Gasteiger partial charge in [0.05, 0.1) is 6.61 Å². The molecular formula is C15H19NO2. The number of ether oxygens (including phenoxy) is 1. The molecule has 0 aromatic heterocycles. The lowest BCUT2D eigenvalue weighted by Gasteiger charge is -2.22. The van der Waals surface area contributed by atoms with Gasteiger partial charge in [0.2, 0.25) is 0 Å². The van der Waals surface area contributed by atoms with Crippen LogP contribution in [0.5, 0.6) is 5.75 Å². The minimum absolute atomic E-state index is 0.0676. The summed E-state index contributed by atoms with van der Waals surface area (Å²) in [4.78, 5) is 0. The Morgan fingerprint density at radius 1 is 1.17 bits per heavy atom. The van der Waals surface area contributed by atoms with Gasteiger partial charge in [-0.15, -0.1) is 0 Å². The molecule has 0 aliphatic rings. The maximum atomic E-state index is 9.30. The van der Waals surface area contributed by atoms with Crippen LogP contribution in [-0.2, 0) is 0 Å². The van der Waals surface area contributed by atoms with Crippen molar-refractivity contribution in [1.29, 1.82) is 0 Å². The first-order valence-electron chi connectivity index (χ1n) is 6.26. The van der Waals surface area contributed by atoms with E-state index in [9.17, 15) is 5.11 Å². The van der Waals surface area contributed by atoms with E-state index in [1.165, 1.54) is 5.39 Å². The van der Waals surface area contributed by atoms with Crippen LogP contribution in [0.25, 0.3) is 10.8 Å². The van der Waals surface area contributed by atoms with Gasteiger partial charge >= 0.3 is 0 Å². The first kappa shape index (κ1) is 12.9. The van der Waals surface area contributed by atoms with Crippen LogP contribution in [0.3, 0.4) is 0 Å². The van der Waals surface area contributed by atoms with Crippen molar-refractivity contribution in [3.05, 3.63) is 42.5 Å². The van der Waals surface area contributed by atoms with Crippen LogP contribution >= 0.6 is 0 Å². The zero-order valence-corrected chi connectivity index (χ0v) is 10.5. The van der Waals surface area contributed by atoms with E-state index in [0.717, 1.165) is 17.6 Å². The molecule has 96 valence electrons. The van der Waals surface area contributed by atoms with Crippen molar-refractivity contribution >= 4 is 10.8 Å². The van der Waals surface area contributed by atoms with Crippen LogP contribution in [0.4, 0.5) is 0 Å². The maximum absolute atomic E-state index is 9.30. The Hall–Kier alpha value is -1.58. The molecule has 3 nitrogen and oxygen atoms in total. The van der Waals surface area contributed by atoms with E-state index in [0.29, 0.717) is 0 Å². The Kier molecular flexibility index (Phi) is 4.18. The average molecular weight is 245 g/mol. The van der Waals surface area contributed by atoms with Gasteiger partial charge < -0.3 is 15.6 Å². The molecule has 18 heavy (non-hydrogen) atoms. The molecule has 3 heteroatoms. The van der Waals surface area contributed by atoms with E-state index in [-0.39, 0.29) is 18.8 Å². The lowest BCUT2D eigenvalue weighted by Crippen LogP contribution is -2.41. The number of aliphatic hydroxyl groups is 1. The number of fused-ring (bicyclic) bond motifs is 1. The van der Waals surface area contributed by atoms with E-state index >= 15 is 0 Å². The Bertz CT molecular complexity index is 513. The molecule has 0 aliphatic carbocycles. The van der Waals surface area contributed by atoms with Gasteiger partial charge in [-0.3, -0.25) is 0 Å². The van der Waals surface area contributed by atoms with E-state index in [2.05, 4.69) is 6.07 Å². The van der Waals surface area contributed by atoms with Gasteiger partial charge in [-0.25, -0.2) is 0 Å². The molecule has 0 aliphatic heterocycles. The lowest BCUT2D eigenvalue weighted by atomic mass is 10.1. The third kappa shape index (κ3) is 2.81. The van der Waals surface area contributed by atoms with Gasteiger partial charge in [-0.05, 0) is 29.3 Å². The highest BCUT2D eigenvalue weighted by Crippen LogP contribution is 2.22. The molecule has 0 bridgehead atoms. The summed E-state index contributed by atoms with van der Waals surface area (Å²) in [6.45, 7) is 1.92. The molecule has 2 aromatic carbocycles. The highest BCUT2D eigenvalue weighted by molar-refractivity contribution is 5.83. The van der Waals surface area contributed by atoms with E-state index in [1.54, 1.807) is 0 Å². The topological polar surface area (TPSA) is 55.5 Å². The quantitative estimate of drug-likeness (QED) is 0.850. The molecule has 0 spiro atoms. The Morgan fingerprint density at radius 3 is 2.56 bits per heavy atom. The summed E-state index contributed by atoms with van der Waals surface area (Å²) in [5.41, 5.74) is 5.90. The molecule has 0 heterocycles. The van der Waals surface area contributed by atoms with Crippen molar-refractivity contribution in [2.75, 3.05) is 6.61 Å². The van der Waals surface area contributed by atoms with Crippen LogP contribution in [0.2, 0.25) is 0 Å². The van der Waals surface area contributed by atoms with Crippen molar-refractivity contribution in [3.63, 3.8) is 0 Å². The predicted octanol–water partition coefficient (Wildman–Crippen LogP) is 2.32. The third-order valence-electron chi connectivity index (χ3n) is 3.14. The van der Waals surface area contributed by atoms with Gasteiger partial charge in [0, 0.05) is 6.04 Å². The Morgan fingerprint density at radius 2 is 1.89 bits per heavy atom. The van der Waals surface area contributed by atoms with E-state index in [1.807, 2.05) is 43.3 Å². The van der Waals surface area contributed by atoms with Crippen LogP contribution < -0.4 is 10.5 Å². The second-order valence-electron chi connectivity index (χ2n) is 4.42. The van der Waals surface area contributed by atoms with Crippen molar-refractivity contribution in [1.82, 2.24) is 0 Å². The molecule has 2 unspecified atom stereocenters. The fourth-order valence-corrected chi connectivity index (χ4v) is 1.94. The lowest BCUT2D eigenvalue weighted by molar-refractivity contribution is 0.0934. The first-order valence-corrected chi connectivity index (χ1v) is 6.26. The number of benzene rings is 2. The fraction of sp³-hybridized carbons (Fsp3) is 0.333. The molecule has 0 radical (unpaired) electrons. The smallest absolute Gasteiger partial charge is 0.137 e. The molecule has 0 saturated heterocycles. The summed E-state index contributed by atoms with van der Waals surface area (Å²) in [6, 6.07) is 13.8. The number of hydrogen-bond donors (Lipinski definition) is 2. The number of rotatable bonds is 5. The van der Waals surface area contributed by atoms with Gasteiger partial charge in [-0.1, -0.05) is 37.3 Å². The molecule has 3 N–H and O–H groups in total. The fourth-order valence-electron chi connectivity index (χ4n) is 1.94. The van der Waals surface area contributed by atoms with Gasteiger partial charge in [0.15, 0.2) is 0 Å². The van der Waals surface area contributed by atoms with Crippen LogP contribution in [0.1, 0.15) is 13.3 Å².